The highest BCUT2D eigenvalue weighted by molar-refractivity contribution is 6.30. The number of nitrogens with zero attached hydrogens (tertiary/aromatic N) is 2. The van der Waals surface area contributed by atoms with Gasteiger partial charge in [0.05, 0.1) is 30.3 Å². The van der Waals surface area contributed by atoms with Crippen LogP contribution in [0.25, 0.3) is 0 Å². The van der Waals surface area contributed by atoms with E-state index in [-0.39, 0.29) is 24.6 Å². The molecule has 2 N–H and O–H groups in total. The zero-order valence-corrected chi connectivity index (χ0v) is 17.3. The van der Waals surface area contributed by atoms with Crippen LogP contribution in [-0.4, -0.2) is 23.5 Å². The average Bonchev–Trinajstić information content (AvgIpc) is 2.79. The maximum atomic E-state index is 13.0. The Hall–Kier alpha value is -3.66. The first-order chi connectivity index (χ1) is 15.0. The van der Waals surface area contributed by atoms with E-state index in [0.29, 0.717) is 22.8 Å². The van der Waals surface area contributed by atoms with E-state index in [1.807, 2.05) is 18.2 Å². The van der Waals surface area contributed by atoms with Gasteiger partial charge in [0.15, 0.2) is 0 Å². The van der Waals surface area contributed by atoms with Gasteiger partial charge >= 0.3 is 5.97 Å². The van der Waals surface area contributed by atoms with E-state index < -0.39 is 5.97 Å². The summed E-state index contributed by atoms with van der Waals surface area (Å²) in [6, 6.07) is 22.6. The molecule has 0 fully saturated rings. The fourth-order valence-corrected chi connectivity index (χ4v) is 3.17. The topological polar surface area (TPSA) is 93.4 Å². The SMILES string of the molecule is N#Cc1cccc(CN(C(=O)CNCc2ccc(Cl)cc2)c2ccc(C(=O)O)cc2)c1. The van der Waals surface area contributed by atoms with E-state index in [1.165, 1.54) is 12.1 Å². The molecule has 6 nitrogen and oxygen atoms in total. The van der Waals surface area contributed by atoms with Gasteiger partial charge in [-0.15, -0.1) is 0 Å². The van der Waals surface area contributed by atoms with Crippen molar-refractivity contribution in [1.82, 2.24) is 5.32 Å². The summed E-state index contributed by atoms with van der Waals surface area (Å²) in [7, 11) is 0. The highest BCUT2D eigenvalue weighted by Gasteiger charge is 2.17. The molecule has 0 heterocycles. The summed E-state index contributed by atoms with van der Waals surface area (Å²) < 4.78 is 0. The number of carbonyl (C=O) groups is 2. The van der Waals surface area contributed by atoms with Crippen molar-refractivity contribution in [3.05, 3.63) is 100 Å². The summed E-state index contributed by atoms with van der Waals surface area (Å²) >= 11 is 5.90. The van der Waals surface area contributed by atoms with Crippen LogP contribution in [0, 0.1) is 11.3 Å². The van der Waals surface area contributed by atoms with Gasteiger partial charge in [-0.3, -0.25) is 4.79 Å². The quantitative estimate of drug-likeness (QED) is 0.554. The molecule has 0 aromatic heterocycles. The molecule has 0 bridgehead atoms. The third kappa shape index (κ3) is 6.16. The van der Waals surface area contributed by atoms with Crippen LogP contribution in [-0.2, 0) is 17.9 Å². The van der Waals surface area contributed by atoms with Crippen LogP contribution < -0.4 is 10.2 Å². The van der Waals surface area contributed by atoms with Crippen molar-refractivity contribution in [3.8, 4) is 6.07 Å². The normalized spacial score (nSPS) is 10.3. The van der Waals surface area contributed by atoms with Gasteiger partial charge < -0.3 is 15.3 Å². The van der Waals surface area contributed by atoms with Crippen LogP contribution in [0.3, 0.4) is 0 Å². The summed E-state index contributed by atoms with van der Waals surface area (Å²) in [5, 5.41) is 22.0. The fraction of sp³-hybridized carbons (Fsp3) is 0.125. The Bertz CT molecular complexity index is 1110. The lowest BCUT2D eigenvalue weighted by Gasteiger charge is -2.23. The Morgan fingerprint density at radius 3 is 2.35 bits per heavy atom. The van der Waals surface area contributed by atoms with Gasteiger partial charge in [-0.2, -0.15) is 5.26 Å². The molecule has 3 aromatic rings. The maximum absolute atomic E-state index is 13.0. The fourth-order valence-electron chi connectivity index (χ4n) is 3.04. The first-order valence-electron chi connectivity index (χ1n) is 9.54. The second-order valence-corrected chi connectivity index (χ2v) is 7.31. The van der Waals surface area contributed by atoms with Gasteiger partial charge in [-0.25, -0.2) is 4.79 Å². The van der Waals surface area contributed by atoms with Crippen molar-refractivity contribution in [1.29, 1.82) is 5.26 Å². The van der Waals surface area contributed by atoms with Crippen molar-refractivity contribution < 1.29 is 14.7 Å². The molecule has 156 valence electrons. The average molecular weight is 434 g/mol. The molecule has 0 saturated carbocycles. The zero-order valence-electron chi connectivity index (χ0n) is 16.6. The molecule has 0 aliphatic rings. The van der Waals surface area contributed by atoms with E-state index in [9.17, 15) is 9.59 Å². The summed E-state index contributed by atoms with van der Waals surface area (Å²) in [5.41, 5.74) is 3.02. The monoisotopic (exact) mass is 433 g/mol. The third-order valence-electron chi connectivity index (χ3n) is 4.64. The summed E-state index contributed by atoms with van der Waals surface area (Å²) in [6.45, 7) is 0.837. The van der Waals surface area contributed by atoms with Gasteiger partial charge in [0.25, 0.3) is 0 Å². The van der Waals surface area contributed by atoms with Crippen molar-refractivity contribution >= 4 is 29.2 Å². The minimum absolute atomic E-state index is 0.0846. The molecular weight excluding hydrogens is 414 g/mol. The van der Waals surface area contributed by atoms with Crippen LogP contribution in [0.5, 0.6) is 0 Å². The predicted octanol–water partition coefficient (Wildman–Crippen LogP) is 4.23. The lowest BCUT2D eigenvalue weighted by molar-refractivity contribution is -0.118. The molecular formula is C24H20ClN3O3. The minimum Gasteiger partial charge on any atom is -0.478 e. The number of rotatable bonds is 8. The van der Waals surface area contributed by atoms with E-state index in [2.05, 4.69) is 11.4 Å². The van der Waals surface area contributed by atoms with Crippen LogP contribution in [0.1, 0.15) is 27.0 Å². The van der Waals surface area contributed by atoms with Gasteiger partial charge in [0, 0.05) is 17.3 Å². The standard InChI is InChI=1S/C24H20ClN3O3/c25-21-8-4-17(5-9-21)14-27-15-23(29)28(16-19-3-1-2-18(12-19)13-26)22-10-6-20(7-11-22)24(30)31/h1-12,27H,14-16H2,(H,30,31). The van der Waals surface area contributed by atoms with Gasteiger partial charge in [-0.1, -0.05) is 35.9 Å². The van der Waals surface area contributed by atoms with E-state index in [1.54, 1.807) is 47.4 Å². The van der Waals surface area contributed by atoms with Crippen LogP contribution in [0.2, 0.25) is 5.02 Å². The number of carboxylic acid groups (broad SMARTS) is 1. The van der Waals surface area contributed by atoms with Crippen molar-refractivity contribution in [2.45, 2.75) is 13.1 Å². The van der Waals surface area contributed by atoms with Gasteiger partial charge in [-0.05, 0) is 59.7 Å². The largest absolute Gasteiger partial charge is 0.478 e. The lowest BCUT2D eigenvalue weighted by atomic mass is 10.1. The molecule has 0 atom stereocenters. The van der Waals surface area contributed by atoms with Crippen molar-refractivity contribution in [2.24, 2.45) is 0 Å². The first-order valence-corrected chi connectivity index (χ1v) is 9.92. The first kappa shape index (κ1) is 22.0. The second-order valence-electron chi connectivity index (χ2n) is 6.87. The maximum Gasteiger partial charge on any atom is 0.335 e. The Balaban J connectivity index is 1.76. The number of carboxylic acids is 1. The summed E-state index contributed by atoms with van der Waals surface area (Å²) in [4.78, 5) is 25.7. The summed E-state index contributed by atoms with van der Waals surface area (Å²) in [6.07, 6.45) is 0. The number of amides is 1. The van der Waals surface area contributed by atoms with Crippen LogP contribution in [0.15, 0.2) is 72.8 Å². The van der Waals surface area contributed by atoms with Crippen molar-refractivity contribution in [3.63, 3.8) is 0 Å². The van der Waals surface area contributed by atoms with E-state index in [0.717, 1.165) is 11.1 Å². The number of anilines is 1. The molecule has 0 aliphatic heterocycles. The smallest absolute Gasteiger partial charge is 0.335 e. The van der Waals surface area contributed by atoms with Crippen molar-refractivity contribution in [2.75, 3.05) is 11.4 Å². The molecule has 0 unspecified atom stereocenters. The lowest BCUT2D eigenvalue weighted by Crippen LogP contribution is -2.37. The predicted molar refractivity (Wildman–Crippen MR) is 119 cm³/mol. The Kier molecular flexibility index (Phi) is 7.39. The Labute approximate surface area is 185 Å². The summed E-state index contributed by atoms with van der Waals surface area (Å²) in [5.74, 6) is -1.21. The molecule has 3 aromatic carbocycles. The zero-order chi connectivity index (χ0) is 22.2. The van der Waals surface area contributed by atoms with Crippen LogP contribution in [0.4, 0.5) is 5.69 Å². The number of halogens is 1. The number of carbonyl (C=O) groups excluding carboxylic acids is 1. The van der Waals surface area contributed by atoms with E-state index >= 15 is 0 Å². The van der Waals surface area contributed by atoms with Gasteiger partial charge in [0.2, 0.25) is 5.91 Å². The third-order valence-corrected chi connectivity index (χ3v) is 4.89. The molecule has 0 radical (unpaired) electrons. The number of hydrogen-bond donors (Lipinski definition) is 2. The number of nitrogens with one attached hydrogen (secondary N) is 1. The second kappa shape index (κ2) is 10.4. The highest BCUT2D eigenvalue weighted by Crippen LogP contribution is 2.19. The Morgan fingerprint density at radius 2 is 1.71 bits per heavy atom. The molecule has 7 heteroatoms. The molecule has 0 spiro atoms. The molecule has 0 aliphatic carbocycles. The molecule has 0 saturated heterocycles. The number of aromatic carboxylic acids is 1. The molecule has 31 heavy (non-hydrogen) atoms. The van der Waals surface area contributed by atoms with Gasteiger partial charge in [0.1, 0.15) is 0 Å². The minimum atomic E-state index is -1.03. The van der Waals surface area contributed by atoms with E-state index in [4.69, 9.17) is 22.0 Å². The molecule has 1 amide bonds. The number of benzene rings is 3. The Morgan fingerprint density at radius 1 is 1.00 bits per heavy atom. The van der Waals surface area contributed by atoms with Crippen LogP contribution >= 0.6 is 11.6 Å². The highest BCUT2D eigenvalue weighted by atomic mass is 35.5. The number of hydrogen-bond acceptors (Lipinski definition) is 4. The number of nitriles is 1. The molecule has 3 rings (SSSR count).